The molecule has 0 amide bonds. The molecule has 0 spiro atoms. The first kappa shape index (κ1) is 9.09. The maximum atomic E-state index is 2.39. The van der Waals surface area contributed by atoms with Crippen LogP contribution in [0.3, 0.4) is 0 Å². The fourth-order valence-corrected chi connectivity index (χ4v) is 2.28. The summed E-state index contributed by atoms with van der Waals surface area (Å²) in [6.07, 6.45) is 5.85. The molecule has 0 unspecified atom stereocenters. The summed E-state index contributed by atoms with van der Waals surface area (Å²) in [5, 5.41) is 0. The summed E-state index contributed by atoms with van der Waals surface area (Å²) >= 11 is 0. The molecule has 11 heavy (non-hydrogen) atoms. The highest BCUT2D eigenvalue weighted by atomic mass is 14.4. The van der Waals surface area contributed by atoms with E-state index >= 15 is 0 Å². The lowest BCUT2D eigenvalue weighted by Crippen LogP contribution is -2.31. The summed E-state index contributed by atoms with van der Waals surface area (Å²) in [6, 6.07) is 0. The largest absolute Gasteiger partial charge is 0.0628 e. The van der Waals surface area contributed by atoms with E-state index in [1.54, 1.807) is 0 Å². The highest BCUT2D eigenvalue weighted by Gasteiger charge is 2.35. The Morgan fingerprint density at radius 1 is 1.27 bits per heavy atom. The standard InChI is InChI=1S/C11H22/c1-9(2)5-6-10-7-11(3,4)8-10/h9-10H,5-8H2,1-4H3. The maximum absolute atomic E-state index is 2.39. The Kier molecular flexibility index (Phi) is 2.61. The quantitative estimate of drug-likeness (QED) is 0.579. The van der Waals surface area contributed by atoms with Gasteiger partial charge in [0.15, 0.2) is 0 Å². The van der Waals surface area contributed by atoms with E-state index in [-0.39, 0.29) is 0 Å². The minimum absolute atomic E-state index is 0.682. The van der Waals surface area contributed by atoms with E-state index in [2.05, 4.69) is 27.7 Å². The average Bonchev–Trinajstić information content (AvgIpc) is 1.78. The lowest BCUT2D eigenvalue weighted by atomic mass is 9.63. The van der Waals surface area contributed by atoms with Gasteiger partial charge < -0.3 is 0 Å². The van der Waals surface area contributed by atoms with Gasteiger partial charge in [-0.1, -0.05) is 40.5 Å². The Labute approximate surface area is 71.4 Å². The molecule has 1 aliphatic rings. The second kappa shape index (κ2) is 3.16. The topological polar surface area (TPSA) is 0 Å². The highest BCUT2D eigenvalue weighted by Crippen LogP contribution is 2.46. The van der Waals surface area contributed by atoms with Gasteiger partial charge in [0.05, 0.1) is 0 Å². The van der Waals surface area contributed by atoms with E-state index in [0.717, 1.165) is 11.8 Å². The van der Waals surface area contributed by atoms with Gasteiger partial charge >= 0.3 is 0 Å². The van der Waals surface area contributed by atoms with Crippen molar-refractivity contribution in [2.75, 3.05) is 0 Å². The van der Waals surface area contributed by atoms with Crippen LogP contribution < -0.4 is 0 Å². The molecule has 0 aromatic heterocycles. The number of hydrogen-bond donors (Lipinski definition) is 0. The minimum atomic E-state index is 0.682. The summed E-state index contributed by atoms with van der Waals surface area (Å²) in [5.41, 5.74) is 0.682. The molecule has 0 aromatic rings. The second-order valence-corrected chi connectivity index (χ2v) is 5.41. The molecule has 0 N–H and O–H groups in total. The molecule has 0 nitrogen and oxygen atoms in total. The zero-order valence-electron chi connectivity index (χ0n) is 8.48. The second-order valence-electron chi connectivity index (χ2n) is 5.41. The van der Waals surface area contributed by atoms with Crippen molar-refractivity contribution in [1.82, 2.24) is 0 Å². The summed E-state index contributed by atoms with van der Waals surface area (Å²) < 4.78 is 0. The van der Waals surface area contributed by atoms with Crippen molar-refractivity contribution < 1.29 is 0 Å². The molecule has 1 fully saturated rings. The van der Waals surface area contributed by atoms with Gasteiger partial charge in [0.25, 0.3) is 0 Å². The molecule has 0 aromatic carbocycles. The van der Waals surface area contributed by atoms with Gasteiger partial charge in [0.2, 0.25) is 0 Å². The summed E-state index contributed by atoms with van der Waals surface area (Å²) in [6.45, 7) is 9.42. The fourth-order valence-electron chi connectivity index (χ4n) is 2.28. The third-order valence-corrected chi connectivity index (χ3v) is 2.83. The predicted octanol–water partition coefficient (Wildman–Crippen LogP) is 3.86. The molecule has 66 valence electrons. The Morgan fingerprint density at radius 2 is 1.82 bits per heavy atom. The number of hydrogen-bond acceptors (Lipinski definition) is 0. The summed E-state index contributed by atoms with van der Waals surface area (Å²) in [5.74, 6) is 1.96. The normalized spacial score (nSPS) is 23.7. The van der Waals surface area contributed by atoms with Crippen LogP contribution in [0.4, 0.5) is 0 Å². The van der Waals surface area contributed by atoms with Crippen LogP contribution in [0.1, 0.15) is 53.4 Å². The van der Waals surface area contributed by atoms with E-state index in [0.29, 0.717) is 5.41 Å². The Hall–Kier alpha value is 0. The van der Waals surface area contributed by atoms with Gasteiger partial charge in [0, 0.05) is 0 Å². The molecular weight excluding hydrogens is 132 g/mol. The van der Waals surface area contributed by atoms with E-state index in [1.807, 2.05) is 0 Å². The Bertz CT molecular complexity index is 114. The van der Waals surface area contributed by atoms with E-state index in [1.165, 1.54) is 25.7 Å². The highest BCUT2D eigenvalue weighted by molar-refractivity contribution is 4.86. The zero-order chi connectivity index (χ0) is 8.48. The summed E-state index contributed by atoms with van der Waals surface area (Å²) in [4.78, 5) is 0. The molecule has 0 aliphatic heterocycles. The lowest BCUT2D eigenvalue weighted by molar-refractivity contribution is 0.0854. The Balaban J connectivity index is 2.05. The van der Waals surface area contributed by atoms with Crippen LogP contribution in [0.25, 0.3) is 0 Å². The van der Waals surface area contributed by atoms with Crippen molar-refractivity contribution in [3.05, 3.63) is 0 Å². The minimum Gasteiger partial charge on any atom is -0.0628 e. The zero-order valence-corrected chi connectivity index (χ0v) is 8.48. The van der Waals surface area contributed by atoms with Crippen LogP contribution in [0.15, 0.2) is 0 Å². The molecular formula is C11H22. The SMILES string of the molecule is CC(C)CCC1CC(C)(C)C1. The van der Waals surface area contributed by atoms with Gasteiger partial charge in [-0.3, -0.25) is 0 Å². The van der Waals surface area contributed by atoms with Crippen LogP contribution in [0.5, 0.6) is 0 Å². The predicted molar refractivity (Wildman–Crippen MR) is 50.6 cm³/mol. The lowest BCUT2D eigenvalue weighted by Gasteiger charge is -2.43. The van der Waals surface area contributed by atoms with Crippen molar-refractivity contribution in [1.29, 1.82) is 0 Å². The molecule has 0 heterocycles. The first-order chi connectivity index (χ1) is 4.99. The molecule has 0 bridgehead atoms. The van der Waals surface area contributed by atoms with E-state index in [9.17, 15) is 0 Å². The molecule has 0 atom stereocenters. The van der Waals surface area contributed by atoms with Crippen molar-refractivity contribution in [2.24, 2.45) is 17.3 Å². The molecule has 0 heteroatoms. The summed E-state index contributed by atoms with van der Waals surface area (Å²) in [7, 11) is 0. The van der Waals surface area contributed by atoms with Gasteiger partial charge in [-0.05, 0) is 30.1 Å². The monoisotopic (exact) mass is 154 g/mol. The van der Waals surface area contributed by atoms with Crippen molar-refractivity contribution in [3.63, 3.8) is 0 Å². The first-order valence-corrected chi connectivity index (χ1v) is 4.99. The Morgan fingerprint density at radius 3 is 2.18 bits per heavy atom. The molecule has 0 saturated heterocycles. The van der Waals surface area contributed by atoms with E-state index < -0.39 is 0 Å². The van der Waals surface area contributed by atoms with Crippen molar-refractivity contribution in [3.8, 4) is 0 Å². The van der Waals surface area contributed by atoms with Crippen LogP contribution >= 0.6 is 0 Å². The fraction of sp³-hybridized carbons (Fsp3) is 1.00. The van der Waals surface area contributed by atoms with Crippen molar-refractivity contribution in [2.45, 2.75) is 53.4 Å². The third kappa shape index (κ3) is 2.84. The van der Waals surface area contributed by atoms with Gasteiger partial charge in [0.1, 0.15) is 0 Å². The van der Waals surface area contributed by atoms with Crippen LogP contribution in [-0.2, 0) is 0 Å². The van der Waals surface area contributed by atoms with E-state index in [4.69, 9.17) is 0 Å². The first-order valence-electron chi connectivity index (χ1n) is 4.99. The average molecular weight is 154 g/mol. The van der Waals surface area contributed by atoms with Gasteiger partial charge in [-0.2, -0.15) is 0 Å². The molecule has 1 rings (SSSR count). The van der Waals surface area contributed by atoms with Crippen LogP contribution in [0, 0.1) is 17.3 Å². The van der Waals surface area contributed by atoms with Gasteiger partial charge in [-0.25, -0.2) is 0 Å². The molecule has 1 aliphatic carbocycles. The van der Waals surface area contributed by atoms with Crippen LogP contribution in [0.2, 0.25) is 0 Å². The maximum Gasteiger partial charge on any atom is -0.0349 e. The van der Waals surface area contributed by atoms with Crippen molar-refractivity contribution >= 4 is 0 Å². The van der Waals surface area contributed by atoms with Crippen LogP contribution in [-0.4, -0.2) is 0 Å². The smallest absolute Gasteiger partial charge is 0.0349 e. The molecule has 1 saturated carbocycles. The third-order valence-electron chi connectivity index (χ3n) is 2.83. The molecule has 0 radical (unpaired) electrons. The van der Waals surface area contributed by atoms with Gasteiger partial charge in [-0.15, -0.1) is 0 Å². The number of rotatable bonds is 3.